The topological polar surface area (TPSA) is 42.7 Å². The lowest BCUT2D eigenvalue weighted by atomic mass is 9.94. The van der Waals surface area contributed by atoms with Crippen molar-refractivity contribution in [3.63, 3.8) is 0 Å². The van der Waals surface area contributed by atoms with Gasteiger partial charge in [-0.2, -0.15) is 0 Å². The minimum absolute atomic E-state index is 0.316. The lowest BCUT2D eigenvalue weighted by Gasteiger charge is -2.33. The second kappa shape index (κ2) is 6.75. The number of furan rings is 1. The van der Waals surface area contributed by atoms with Crippen molar-refractivity contribution >= 4 is 5.97 Å². The summed E-state index contributed by atoms with van der Waals surface area (Å²) < 4.78 is 10.2. The van der Waals surface area contributed by atoms with E-state index >= 15 is 0 Å². The standard InChI is InChI=1S/C15H23NO3/c1-3-16(12-7-5-4-6-8-12)11-14-13(9-10-19-14)15(17)18-2/h9-10,12H,3-8,11H2,1-2H3. The van der Waals surface area contributed by atoms with E-state index in [1.54, 1.807) is 12.3 Å². The van der Waals surface area contributed by atoms with E-state index in [0.29, 0.717) is 18.2 Å². The summed E-state index contributed by atoms with van der Waals surface area (Å²) in [6.07, 6.45) is 8.04. The fourth-order valence-corrected chi connectivity index (χ4v) is 2.88. The van der Waals surface area contributed by atoms with Gasteiger partial charge in [0.15, 0.2) is 0 Å². The van der Waals surface area contributed by atoms with Crippen molar-refractivity contribution in [1.82, 2.24) is 4.90 Å². The predicted octanol–water partition coefficient (Wildman–Crippen LogP) is 3.22. The number of carbonyl (C=O) groups excluding carboxylic acids is 1. The average Bonchev–Trinajstić information content (AvgIpc) is 2.93. The van der Waals surface area contributed by atoms with Crippen molar-refractivity contribution < 1.29 is 13.9 Å². The molecule has 0 atom stereocenters. The molecule has 0 bridgehead atoms. The molecule has 4 heteroatoms. The third kappa shape index (κ3) is 3.38. The Hall–Kier alpha value is -1.29. The molecule has 0 aliphatic heterocycles. The third-order valence-corrected chi connectivity index (χ3v) is 3.99. The SMILES string of the molecule is CCN(Cc1occc1C(=O)OC)C1CCCCC1. The molecule has 0 amide bonds. The minimum atomic E-state index is -0.316. The molecule has 4 nitrogen and oxygen atoms in total. The van der Waals surface area contributed by atoms with E-state index in [0.717, 1.165) is 12.3 Å². The normalized spacial score (nSPS) is 16.8. The highest BCUT2D eigenvalue weighted by Gasteiger charge is 2.23. The molecule has 1 aromatic heterocycles. The smallest absolute Gasteiger partial charge is 0.341 e. The zero-order chi connectivity index (χ0) is 13.7. The van der Waals surface area contributed by atoms with Gasteiger partial charge in [-0.15, -0.1) is 0 Å². The number of esters is 1. The summed E-state index contributed by atoms with van der Waals surface area (Å²) in [5.41, 5.74) is 0.553. The van der Waals surface area contributed by atoms with Crippen molar-refractivity contribution in [3.8, 4) is 0 Å². The van der Waals surface area contributed by atoms with E-state index in [2.05, 4.69) is 11.8 Å². The van der Waals surface area contributed by atoms with Gasteiger partial charge in [-0.25, -0.2) is 4.79 Å². The molecule has 0 radical (unpaired) electrons. The largest absolute Gasteiger partial charge is 0.467 e. The molecular weight excluding hydrogens is 242 g/mol. The van der Waals surface area contributed by atoms with Gasteiger partial charge in [0.1, 0.15) is 11.3 Å². The maximum absolute atomic E-state index is 11.6. The maximum atomic E-state index is 11.6. The average molecular weight is 265 g/mol. The summed E-state index contributed by atoms with van der Waals surface area (Å²) in [5, 5.41) is 0. The van der Waals surface area contributed by atoms with Crippen molar-refractivity contribution in [1.29, 1.82) is 0 Å². The second-order valence-corrected chi connectivity index (χ2v) is 5.10. The first kappa shape index (κ1) is 14.1. The summed E-state index contributed by atoms with van der Waals surface area (Å²) in [5.74, 6) is 0.405. The van der Waals surface area contributed by atoms with Gasteiger partial charge in [-0.3, -0.25) is 4.90 Å². The highest BCUT2D eigenvalue weighted by molar-refractivity contribution is 5.90. The predicted molar refractivity (Wildman–Crippen MR) is 73.0 cm³/mol. The Kier molecular flexibility index (Phi) is 5.02. The van der Waals surface area contributed by atoms with Crippen LogP contribution in [0, 0.1) is 0 Å². The summed E-state index contributed by atoms with van der Waals surface area (Å²) in [7, 11) is 1.40. The molecule has 2 rings (SSSR count). The third-order valence-electron chi connectivity index (χ3n) is 3.99. The number of nitrogens with zero attached hydrogens (tertiary/aromatic N) is 1. The van der Waals surface area contributed by atoms with E-state index in [1.807, 2.05) is 0 Å². The van der Waals surface area contributed by atoms with Crippen LogP contribution in [0.4, 0.5) is 0 Å². The van der Waals surface area contributed by atoms with Gasteiger partial charge < -0.3 is 9.15 Å². The fourth-order valence-electron chi connectivity index (χ4n) is 2.88. The lowest BCUT2D eigenvalue weighted by molar-refractivity contribution is 0.0594. The summed E-state index contributed by atoms with van der Waals surface area (Å²) in [6.45, 7) is 3.83. The van der Waals surface area contributed by atoms with Crippen LogP contribution in [0.15, 0.2) is 16.7 Å². The highest BCUT2D eigenvalue weighted by atomic mass is 16.5. The number of hydrogen-bond donors (Lipinski definition) is 0. The Morgan fingerprint density at radius 1 is 1.42 bits per heavy atom. The second-order valence-electron chi connectivity index (χ2n) is 5.10. The van der Waals surface area contributed by atoms with Gasteiger partial charge in [0.2, 0.25) is 0 Å². The lowest BCUT2D eigenvalue weighted by Crippen LogP contribution is -2.36. The molecular formula is C15H23NO3. The van der Waals surface area contributed by atoms with Gasteiger partial charge >= 0.3 is 5.97 Å². The monoisotopic (exact) mass is 265 g/mol. The van der Waals surface area contributed by atoms with Crippen LogP contribution in [0.25, 0.3) is 0 Å². The number of methoxy groups -OCH3 is 1. The molecule has 106 valence electrons. The van der Waals surface area contributed by atoms with Crippen molar-refractivity contribution in [3.05, 3.63) is 23.7 Å². The van der Waals surface area contributed by atoms with Crippen LogP contribution in [0.3, 0.4) is 0 Å². The van der Waals surface area contributed by atoms with Crippen LogP contribution in [0.1, 0.15) is 55.1 Å². The number of carbonyl (C=O) groups is 1. The first-order chi connectivity index (χ1) is 9.26. The molecule has 0 spiro atoms. The Morgan fingerprint density at radius 3 is 2.79 bits per heavy atom. The van der Waals surface area contributed by atoms with E-state index in [-0.39, 0.29) is 5.97 Å². The van der Waals surface area contributed by atoms with Gasteiger partial charge in [0.05, 0.1) is 19.9 Å². The van der Waals surface area contributed by atoms with Gasteiger partial charge in [0.25, 0.3) is 0 Å². The summed E-state index contributed by atoms with van der Waals surface area (Å²) >= 11 is 0. The van der Waals surface area contributed by atoms with E-state index in [1.165, 1.54) is 39.2 Å². The van der Waals surface area contributed by atoms with Crippen LogP contribution in [0.2, 0.25) is 0 Å². The maximum Gasteiger partial charge on any atom is 0.341 e. The minimum Gasteiger partial charge on any atom is -0.467 e. The molecule has 1 saturated carbocycles. The first-order valence-corrected chi connectivity index (χ1v) is 7.15. The van der Waals surface area contributed by atoms with Gasteiger partial charge in [0, 0.05) is 6.04 Å². The van der Waals surface area contributed by atoms with Gasteiger partial charge in [-0.05, 0) is 25.5 Å². The molecule has 0 unspecified atom stereocenters. The molecule has 1 aliphatic rings. The molecule has 0 saturated heterocycles. The molecule has 1 fully saturated rings. The first-order valence-electron chi connectivity index (χ1n) is 7.15. The molecule has 19 heavy (non-hydrogen) atoms. The van der Waals surface area contributed by atoms with Crippen LogP contribution < -0.4 is 0 Å². The Balaban J connectivity index is 2.05. The van der Waals surface area contributed by atoms with Crippen molar-refractivity contribution in [2.24, 2.45) is 0 Å². The highest BCUT2D eigenvalue weighted by Crippen LogP contribution is 2.25. The van der Waals surface area contributed by atoms with E-state index < -0.39 is 0 Å². The molecule has 1 heterocycles. The Labute approximate surface area is 114 Å². The molecule has 0 N–H and O–H groups in total. The quantitative estimate of drug-likeness (QED) is 0.767. The number of ether oxygens (including phenoxy) is 1. The molecule has 1 aromatic rings. The number of rotatable bonds is 5. The van der Waals surface area contributed by atoms with Gasteiger partial charge in [-0.1, -0.05) is 26.2 Å². The Bertz CT molecular complexity index is 407. The van der Waals surface area contributed by atoms with Crippen LogP contribution in [0.5, 0.6) is 0 Å². The van der Waals surface area contributed by atoms with Crippen molar-refractivity contribution in [2.75, 3.05) is 13.7 Å². The zero-order valence-corrected chi connectivity index (χ0v) is 11.9. The zero-order valence-electron chi connectivity index (χ0n) is 11.9. The molecule has 0 aromatic carbocycles. The van der Waals surface area contributed by atoms with Crippen LogP contribution in [-0.4, -0.2) is 30.6 Å². The summed E-state index contributed by atoms with van der Waals surface area (Å²) in [4.78, 5) is 14.0. The van der Waals surface area contributed by atoms with E-state index in [9.17, 15) is 4.79 Å². The van der Waals surface area contributed by atoms with E-state index in [4.69, 9.17) is 9.15 Å². The van der Waals surface area contributed by atoms with Crippen molar-refractivity contribution in [2.45, 2.75) is 51.6 Å². The Morgan fingerprint density at radius 2 is 2.16 bits per heavy atom. The fraction of sp³-hybridized carbons (Fsp3) is 0.667. The molecule has 1 aliphatic carbocycles. The summed E-state index contributed by atoms with van der Waals surface area (Å²) in [6, 6.07) is 2.31. The van der Waals surface area contributed by atoms with Crippen LogP contribution in [-0.2, 0) is 11.3 Å². The van der Waals surface area contributed by atoms with Crippen LogP contribution >= 0.6 is 0 Å². The number of hydrogen-bond acceptors (Lipinski definition) is 4.